The lowest BCUT2D eigenvalue weighted by Crippen LogP contribution is -2.64. The molecule has 2 unspecified atom stereocenters. The topological polar surface area (TPSA) is 132 Å². The van der Waals surface area contributed by atoms with E-state index in [9.17, 15) is 19.2 Å². The van der Waals surface area contributed by atoms with E-state index in [0.29, 0.717) is 29.8 Å². The van der Waals surface area contributed by atoms with Gasteiger partial charge < -0.3 is 19.5 Å². The number of benzene rings is 1. The van der Waals surface area contributed by atoms with Crippen molar-refractivity contribution < 1.29 is 33.4 Å². The quantitative estimate of drug-likeness (QED) is 0.404. The fourth-order valence-corrected chi connectivity index (χ4v) is 6.52. The van der Waals surface area contributed by atoms with E-state index in [1.54, 1.807) is 6.07 Å². The Hall–Kier alpha value is -3.30. The lowest BCUT2D eigenvalue weighted by atomic mass is 9.47. The van der Waals surface area contributed by atoms with Crippen LogP contribution in [0.25, 0.3) is 0 Å². The van der Waals surface area contributed by atoms with Crippen molar-refractivity contribution in [2.45, 2.75) is 51.0 Å². The second kappa shape index (κ2) is 9.15. The third kappa shape index (κ3) is 4.67. The maximum Gasteiger partial charge on any atom is 0.312 e. The third-order valence-corrected chi connectivity index (χ3v) is 7.23. The van der Waals surface area contributed by atoms with E-state index in [4.69, 9.17) is 14.2 Å². The van der Waals surface area contributed by atoms with E-state index >= 15 is 0 Å². The monoisotopic (exact) mass is 473 g/mol. The number of hydrogen-bond acceptors (Lipinski definition) is 7. The molecule has 2 atom stereocenters. The van der Waals surface area contributed by atoms with Gasteiger partial charge in [0.25, 0.3) is 11.8 Å². The van der Waals surface area contributed by atoms with Crippen LogP contribution < -0.4 is 25.6 Å². The van der Waals surface area contributed by atoms with Gasteiger partial charge in [-0.25, -0.2) is 0 Å². The highest BCUT2D eigenvalue weighted by Crippen LogP contribution is 2.62. The zero-order valence-electron chi connectivity index (χ0n) is 19.7. The highest BCUT2D eigenvalue weighted by atomic mass is 16.5. The summed E-state index contributed by atoms with van der Waals surface area (Å²) in [7, 11) is 2.94. The summed E-state index contributed by atoms with van der Waals surface area (Å²) in [6, 6.07) is 4.59. The molecule has 5 rings (SSSR count). The van der Waals surface area contributed by atoms with Crippen molar-refractivity contribution >= 4 is 23.7 Å². The predicted molar refractivity (Wildman–Crippen MR) is 120 cm³/mol. The van der Waals surface area contributed by atoms with Gasteiger partial charge in [-0.15, -0.1) is 0 Å². The zero-order chi connectivity index (χ0) is 24.5. The fraction of sp³-hybridized carbons (Fsp3) is 0.583. The number of carbonyl (C=O) groups is 4. The average Bonchev–Trinajstić information content (AvgIpc) is 2.78. The summed E-state index contributed by atoms with van der Waals surface area (Å²) in [5, 5.41) is 3.11. The van der Waals surface area contributed by atoms with Crippen molar-refractivity contribution in [1.82, 2.24) is 16.2 Å². The average molecular weight is 474 g/mol. The molecule has 0 heterocycles. The molecule has 0 radical (unpaired) electrons. The Labute approximate surface area is 198 Å². The SMILES string of the molecule is COc1ccc(C(=O)NNC(=O)COC(=O)C23CC4CC(CC(NC(C)=O)(C4)C2)C3)cc1OC. The molecule has 4 aliphatic carbocycles. The van der Waals surface area contributed by atoms with Crippen molar-refractivity contribution in [2.75, 3.05) is 20.8 Å². The molecule has 34 heavy (non-hydrogen) atoms. The number of nitrogens with one attached hydrogen (secondary N) is 3. The Morgan fingerprint density at radius 2 is 1.65 bits per heavy atom. The summed E-state index contributed by atoms with van der Waals surface area (Å²) in [5.74, 6) is -0.108. The van der Waals surface area contributed by atoms with Gasteiger partial charge in [0.15, 0.2) is 18.1 Å². The molecule has 3 N–H and O–H groups in total. The normalized spacial score (nSPS) is 28.6. The summed E-state index contributed by atoms with van der Waals surface area (Å²) in [4.78, 5) is 49.5. The van der Waals surface area contributed by atoms with E-state index in [2.05, 4.69) is 16.2 Å². The minimum atomic E-state index is -0.671. The van der Waals surface area contributed by atoms with Gasteiger partial charge >= 0.3 is 5.97 Å². The Morgan fingerprint density at radius 1 is 0.971 bits per heavy atom. The van der Waals surface area contributed by atoms with Gasteiger partial charge in [-0.1, -0.05) is 0 Å². The van der Waals surface area contributed by atoms with Crippen LogP contribution in [0.15, 0.2) is 18.2 Å². The van der Waals surface area contributed by atoms with E-state index in [1.165, 1.54) is 33.3 Å². The Morgan fingerprint density at radius 3 is 2.26 bits per heavy atom. The molecule has 3 amide bonds. The van der Waals surface area contributed by atoms with Crippen LogP contribution in [0.3, 0.4) is 0 Å². The summed E-state index contributed by atoms with van der Waals surface area (Å²) in [5.41, 5.74) is 3.79. The zero-order valence-corrected chi connectivity index (χ0v) is 19.7. The van der Waals surface area contributed by atoms with Crippen molar-refractivity contribution in [2.24, 2.45) is 17.3 Å². The largest absolute Gasteiger partial charge is 0.493 e. The molecule has 4 bridgehead atoms. The van der Waals surface area contributed by atoms with Crippen LogP contribution in [0.2, 0.25) is 0 Å². The molecule has 0 saturated heterocycles. The highest BCUT2D eigenvalue weighted by molar-refractivity contribution is 5.96. The van der Waals surface area contributed by atoms with Crippen LogP contribution in [0.4, 0.5) is 0 Å². The molecular weight excluding hydrogens is 442 g/mol. The molecule has 0 spiro atoms. The van der Waals surface area contributed by atoms with Gasteiger partial charge in [0.1, 0.15) is 0 Å². The van der Waals surface area contributed by atoms with Crippen molar-refractivity contribution in [1.29, 1.82) is 0 Å². The van der Waals surface area contributed by atoms with Gasteiger partial charge in [0.2, 0.25) is 5.91 Å². The van der Waals surface area contributed by atoms with Crippen molar-refractivity contribution in [3.05, 3.63) is 23.8 Å². The number of amides is 3. The minimum Gasteiger partial charge on any atom is -0.493 e. The second-order valence-electron chi connectivity index (χ2n) is 9.85. The number of esters is 1. The minimum absolute atomic E-state index is 0.0879. The van der Waals surface area contributed by atoms with Gasteiger partial charge in [-0.2, -0.15) is 0 Å². The maximum atomic E-state index is 13.1. The van der Waals surface area contributed by atoms with Gasteiger partial charge in [0, 0.05) is 18.0 Å². The molecular formula is C24H31N3O7. The van der Waals surface area contributed by atoms with E-state index in [0.717, 1.165) is 32.1 Å². The predicted octanol–water partition coefficient (Wildman–Crippen LogP) is 1.48. The number of rotatable bonds is 7. The molecule has 4 saturated carbocycles. The molecule has 4 fully saturated rings. The Balaban J connectivity index is 1.31. The van der Waals surface area contributed by atoms with Crippen LogP contribution in [0.1, 0.15) is 55.8 Å². The molecule has 1 aromatic carbocycles. The number of hydrogen-bond donors (Lipinski definition) is 3. The Bertz CT molecular complexity index is 994. The van der Waals surface area contributed by atoms with Crippen LogP contribution in [0, 0.1) is 17.3 Å². The summed E-state index contributed by atoms with van der Waals surface area (Å²) in [6.07, 6.45) is 4.84. The molecule has 10 nitrogen and oxygen atoms in total. The van der Waals surface area contributed by atoms with E-state index in [-0.39, 0.29) is 17.0 Å². The molecule has 0 aliphatic heterocycles. The summed E-state index contributed by atoms with van der Waals surface area (Å²) < 4.78 is 15.7. The van der Waals surface area contributed by atoms with E-state index < -0.39 is 29.8 Å². The van der Waals surface area contributed by atoms with Crippen molar-refractivity contribution in [3.63, 3.8) is 0 Å². The molecule has 0 aromatic heterocycles. The first kappa shape index (κ1) is 23.8. The number of hydrazine groups is 1. The highest BCUT2D eigenvalue weighted by Gasteiger charge is 2.61. The third-order valence-electron chi connectivity index (χ3n) is 7.23. The Kier molecular flexibility index (Phi) is 6.42. The van der Waals surface area contributed by atoms with Crippen LogP contribution in [-0.2, 0) is 19.1 Å². The van der Waals surface area contributed by atoms with Crippen molar-refractivity contribution in [3.8, 4) is 11.5 Å². The van der Waals surface area contributed by atoms with E-state index in [1.807, 2.05) is 0 Å². The van der Waals surface area contributed by atoms with Crippen LogP contribution >= 0.6 is 0 Å². The standard InChI is InChI=1S/C24H31N3O7/c1-14(28)25-24-10-15-6-16(11-24)9-23(8-15,13-24)22(31)34-12-20(29)26-27-21(30)17-4-5-18(32-2)19(7-17)33-3/h4-5,7,15-16H,6,8-13H2,1-3H3,(H,25,28)(H,26,29)(H,27,30). The second-order valence-corrected chi connectivity index (χ2v) is 9.85. The number of methoxy groups -OCH3 is 2. The lowest BCUT2D eigenvalue weighted by molar-refractivity contribution is -0.177. The smallest absolute Gasteiger partial charge is 0.312 e. The lowest BCUT2D eigenvalue weighted by Gasteiger charge is -2.60. The summed E-state index contributed by atoms with van der Waals surface area (Å²) in [6.45, 7) is 1.000. The van der Waals surface area contributed by atoms with Gasteiger partial charge in [0.05, 0.1) is 19.6 Å². The van der Waals surface area contributed by atoms with Crippen LogP contribution in [0.5, 0.6) is 11.5 Å². The number of ether oxygens (including phenoxy) is 3. The molecule has 184 valence electrons. The molecule has 4 aliphatic rings. The first-order chi connectivity index (χ1) is 16.2. The fourth-order valence-electron chi connectivity index (χ4n) is 6.52. The van der Waals surface area contributed by atoms with Gasteiger partial charge in [-0.05, 0) is 68.6 Å². The first-order valence-electron chi connectivity index (χ1n) is 11.4. The number of carbonyl (C=O) groups excluding carboxylic acids is 4. The first-order valence-corrected chi connectivity index (χ1v) is 11.4. The van der Waals surface area contributed by atoms with Crippen LogP contribution in [-0.4, -0.2) is 50.1 Å². The molecule has 1 aromatic rings. The molecule has 10 heteroatoms. The maximum absolute atomic E-state index is 13.1. The van der Waals surface area contributed by atoms with Gasteiger partial charge in [-0.3, -0.25) is 30.0 Å². The summed E-state index contributed by atoms with van der Waals surface area (Å²) >= 11 is 0.